The molecule has 238 valence electrons. The zero-order valence-corrected chi connectivity index (χ0v) is 23.4. The largest absolute Gasteiger partial charge is 0.470 e. The van der Waals surface area contributed by atoms with Gasteiger partial charge in [0.15, 0.2) is 24.0 Å². The van der Waals surface area contributed by atoms with Gasteiger partial charge in [-0.25, -0.2) is 28.6 Å². The number of aliphatic hydroxyl groups excluding tert-OH is 3. The Balaban J connectivity index is 1.71. The molecule has 0 aromatic carbocycles. The third-order valence-corrected chi connectivity index (χ3v) is 7.54. The maximum atomic E-state index is 11.9. The van der Waals surface area contributed by atoms with E-state index in [0.29, 0.717) is 0 Å². The number of imidazole rings is 1. The molecule has 2 aromatic heterocycles. The first kappa shape index (κ1) is 33.3. The maximum Gasteiger partial charge on any atom is 0.470 e. The number of ether oxygens (including phenoxy) is 3. The lowest BCUT2D eigenvalue weighted by molar-refractivity contribution is -0.313. The summed E-state index contributed by atoms with van der Waals surface area (Å²) in [5.41, 5.74) is 5.84. The Kier molecular flexibility index (Phi) is 9.88. The molecular formula is C16H26N5O18P3. The summed E-state index contributed by atoms with van der Waals surface area (Å²) in [6, 6.07) is 0. The molecular weight excluding hydrogens is 643 g/mol. The van der Waals surface area contributed by atoms with E-state index in [4.69, 9.17) is 24.5 Å². The molecule has 2 aliphatic rings. The van der Waals surface area contributed by atoms with E-state index in [-0.39, 0.29) is 17.0 Å². The number of nitrogens with zero attached hydrogens (tertiary/aromatic N) is 4. The van der Waals surface area contributed by atoms with Gasteiger partial charge < -0.3 is 64.6 Å². The Morgan fingerprint density at radius 2 is 1.36 bits per heavy atom. The van der Waals surface area contributed by atoms with E-state index in [2.05, 4.69) is 24.0 Å². The van der Waals surface area contributed by atoms with Crippen LogP contribution in [0.3, 0.4) is 0 Å². The SMILES string of the molecule is Nc1ncnc2c1ncn2[C@@H]1O[C@H](CO)C(OC2OC(CO)C(OP(=O)(O)O)C(OP(=O)(O)O)C2O)[C@H]1OP(=O)(O)O. The number of hydrogen-bond acceptors (Lipinski definition) is 16. The Bertz CT molecular complexity index is 1400. The predicted molar refractivity (Wildman–Crippen MR) is 128 cm³/mol. The van der Waals surface area contributed by atoms with Crippen molar-refractivity contribution in [1.82, 2.24) is 19.5 Å². The third kappa shape index (κ3) is 7.56. The van der Waals surface area contributed by atoms with Crippen molar-refractivity contribution in [3.63, 3.8) is 0 Å². The van der Waals surface area contributed by atoms with Gasteiger partial charge in [-0.05, 0) is 0 Å². The number of aromatic nitrogens is 4. The number of phosphoric ester groups is 3. The van der Waals surface area contributed by atoms with Gasteiger partial charge in [-0.1, -0.05) is 0 Å². The van der Waals surface area contributed by atoms with Crippen LogP contribution in [0.25, 0.3) is 11.2 Å². The second kappa shape index (κ2) is 12.4. The standard InChI is InChI=1S/C16H26N5O18P3/c17-13-7-14(19-3-18-13)21(4-20-7)15-12(39-42(31,32)33)9(5(1-22)34-15)36-16-8(24)11(38-41(28,29)30)10(6(2-23)35-16)37-40(25,26)27/h3-6,8-12,15-16,22-24H,1-2H2,(H2,17,18,19)(H2,25,26,27)(H2,28,29,30)(H2,31,32,33)/t5-,6?,8?,9?,10?,11?,12-,15-,16?/m1/s1. The zero-order chi connectivity index (χ0) is 31.2. The molecule has 2 fully saturated rings. The van der Waals surface area contributed by atoms with E-state index in [1.54, 1.807) is 0 Å². The number of anilines is 1. The monoisotopic (exact) mass is 669 g/mol. The molecule has 23 nitrogen and oxygen atoms in total. The van der Waals surface area contributed by atoms with E-state index >= 15 is 0 Å². The first-order valence-corrected chi connectivity index (χ1v) is 16.0. The van der Waals surface area contributed by atoms with Crippen LogP contribution in [0.4, 0.5) is 5.82 Å². The van der Waals surface area contributed by atoms with Crippen LogP contribution in [-0.2, 0) is 41.5 Å². The van der Waals surface area contributed by atoms with Crippen LogP contribution < -0.4 is 5.73 Å². The van der Waals surface area contributed by atoms with Gasteiger partial charge in [-0.2, -0.15) is 0 Å². The highest BCUT2D eigenvalue weighted by Crippen LogP contribution is 2.49. The van der Waals surface area contributed by atoms with Crippen LogP contribution in [0.5, 0.6) is 0 Å². The van der Waals surface area contributed by atoms with Crippen molar-refractivity contribution in [3.8, 4) is 0 Å². The minimum absolute atomic E-state index is 0.00554. The summed E-state index contributed by atoms with van der Waals surface area (Å²) in [6.07, 6.45) is -15.4. The molecule has 11 N–H and O–H groups in total. The van der Waals surface area contributed by atoms with Crippen LogP contribution in [0.15, 0.2) is 12.7 Å². The molecule has 0 aliphatic carbocycles. The Morgan fingerprint density at radius 3 is 1.93 bits per heavy atom. The highest BCUT2D eigenvalue weighted by molar-refractivity contribution is 7.46. The summed E-state index contributed by atoms with van der Waals surface area (Å²) in [5, 5.41) is 30.6. The third-order valence-electron chi connectivity index (χ3n) is 5.99. The molecule has 9 atom stereocenters. The van der Waals surface area contributed by atoms with Gasteiger partial charge in [0.2, 0.25) is 0 Å². The quantitative estimate of drug-likeness (QED) is 0.102. The molecule has 4 heterocycles. The van der Waals surface area contributed by atoms with E-state index in [0.717, 1.165) is 17.2 Å². The molecule has 4 rings (SSSR count). The van der Waals surface area contributed by atoms with E-state index in [1.165, 1.54) is 0 Å². The fraction of sp³-hybridized carbons (Fsp3) is 0.688. The molecule has 0 amide bonds. The Hall–Kier alpha value is -1.56. The first-order chi connectivity index (χ1) is 19.4. The molecule has 26 heteroatoms. The van der Waals surface area contributed by atoms with Crippen molar-refractivity contribution in [2.24, 2.45) is 0 Å². The average Bonchev–Trinajstić information content (AvgIpc) is 3.42. The van der Waals surface area contributed by atoms with Gasteiger partial charge in [-0.3, -0.25) is 18.1 Å². The molecule has 6 unspecified atom stereocenters. The highest BCUT2D eigenvalue weighted by Gasteiger charge is 2.56. The van der Waals surface area contributed by atoms with Crippen LogP contribution in [0.2, 0.25) is 0 Å². The van der Waals surface area contributed by atoms with Crippen LogP contribution in [0.1, 0.15) is 6.23 Å². The van der Waals surface area contributed by atoms with Gasteiger partial charge in [0.25, 0.3) is 0 Å². The second-order valence-corrected chi connectivity index (χ2v) is 12.4. The van der Waals surface area contributed by atoms with Gasteiger partial charge in [0.1, 0.15) is 54.6 Å². The second-order valence-electron chi connectivity index (χ2n) is 8.83. The maximum absolute atomic E-state index is 11.9. The van der Waals surface area contributed by atoms with Gasteiger partial charge in [-0.15, -0.1) is 0 Å². The molecule has 0 spiro atoms. The van der Waals surface area contributed by atoms with Gasteiger partial charge >= 0.3 is 23.5 Å². The summed E-state index contributed by atoms with van der Waals surface area (Å²) in [6.45, 7) is -2.03. The van der Waals surface area contributed by atoms with E-state index in [1.807, 2.05) is 0 Å². The number of hydrogen-bond donors (Lipinski definition) is 10. The van der Waals surface area contributed by atoms with Crippen molar-refractivity contribution in [1.29, 1.82) is 0 Å². The van der Waals surface area contributed by atoms with Crippen molar-refractivity contribution in [2.45, 2.75) is 55.2 Å². The Morgan fingerprint density at radius 1 is 0.810 bits per heavy atom. The minimum Gasteiger partial charge on any atom is -0.394 e. The predicted octanol–water partition coefficient (Wildman–Crippen LogP) is -3.80. The summed E-state index contributed by atoms with van der Waals surface area (Å²) in [7, 11) is -16.3. The van der Waals surface area contributed by atoms with Crippen LogP contribution >= 0.6 is 23.5 Å². The van der Waals surface area contributed by atoms with Gasteiger partial charge in [0.05, 0.1) is 19.5 Å². The topological polar surface area (TPSA) is 358 Å². The summed E-state index contributed by atoms with van der Waals surface area (Å²) in [4.78, 5) is 68.1. The average molecular weight is 669 g/mol. The molecule has 0 saturated carbocycles. The van der Waals surface area contributed by atoms with Crippen LogP contribution in [0, 0.1) is 0 Å². The van der Waals surface area contributed by atoms with E-state index < -0.39 is 91.9 Å². The minimum atomic E-state index is -5.51. The number of rotatable bonds is 11. The van der Waals surface area contributed by atoms with Gasteiger partial charge in [0, 0.05) is 0 Å². The van der Waals surface area contributed by atoms with Crippen molar-refractivity contribution in [3.05, 3.63) is 12.7 Å². The van der Waals surface area contributed by atoms with Crippen molar-refractivity contribution >= 4 is 40.4 Å². The molecule has 2 aliphatic heterocycles. The molecule has 2 saturated heterocycles. The number of phosphoric acid groups is 3. The highest BCUT2D eigenvalue weighted by atomic mass is 31.2. The zero-order valence-electron chi connectivity index (χ0n) is 20.7. The van der Waals surface area contributed by atoms with E-state index in [9.17, 15) is 58.4 Å². The fourth-order valence-corrected chi connectivity index (χ4v) is 6.12. The van der Waals surface area contributed by atoms with Crippen molar-refractivity contribution in [2.75, 3.05) is 18.9 Å². The summed E-state index contributed by atoms with van der Waals surface area (Å²) in [5.74, 6) is -0.0624. The summed E-state index contributed by atoms with van der Waals surface area (Å²) >= 11 is 0. The number of aliphatic hydroxyl groups is 3. The Labute approximate surface area is 233 Å². The van der Waals surface area contributed by atoms with Crippen LogP contribution in [-0.4, -0.2) is 126 Å². The lowest BCUT2D eigenvalue weighted by Gasteiger charge is -2.44. The summed E-state index contributed by atoms with van der Waals surface area (Å²) < 4.78 is 66.6. The molecule has 0 bridgehead atoms. The van der Waals surface area contributed by atoms with Crippen molar-refractivity contribution < 1.29 is 86.2 Å². The first-order valence-electron chi connectivity index (χ1n) is 11.4. The number of nitrogens with two attached hydrogens (primary N) is 1. The normalized spacial score (nSPS) is 32.9. The lowest BCUT2D eigenvalue weighted by Crippen LogP contribution is -2.61. The molecule has 42 heavy (non-hydrogen) atoms. The smallest absolute Gasteiger partial charge is 0.394 e. The number of nitrogen functional groups attached to an aromatic ring is 1. The molecule has 2 aromatic rings. The lowest BCUT2D eigenvalue weighted by atomic mass is 9.99. The molecule has 0 radical (unpaired) electrons. The number of fused-ring (bicyclic) bond motifs is 1. The fourth-order valence-electron chi connectivity index (χ4n) is 4.44.